The van der Waals surface area contributed by atoms with Crippen molar-refractivity contribution in [3.63, 3.8) is 0 Å². The molecule has 0 aliphatic heterocycles. The van der Waals surface area contributed by atoms with Gasteiger partial charge in [0, 0.05) is 9.79 Å². The molecule has 0 N–H and O–H groups in total. The van der Waals surface area contributed by atoms with Crippen molar-refractivity contribution >= 4 is 47.4 Å². The van der Waals surface area contributed by atoms with E-state index in [0.717, 1.165) is 26.2 Å². The van der Waals surface area contributed by atoms with Gasteiger partial charge in [0.25, 0.3) is 5.13 Å². The minimum Gasteiger partial charge on any atom is -0.237 e. The van der Waals surface area contributed by atoms with Crippen LogP contribution in [0.15, 0.2) is 44.4 Å². The molecule has 0 radical (unpaired) electrons. The predicted octanol–water partition coefficient (Wildman–Crippen LogP) is 4.33. The molecule has 2 aromatic heterocycles. The second kappa shape index (κ2) is 6.19. The maximum Gasteiger partial charge on any atom is 0.251 e. The number of nitrogens with zero attached hydrogens (tertiary/aromatic N) is 6. The van der Waals surface area contributed by atoms with Crippen molar-refractivity contribution in [3.05, 3.63) is 35.1 Å². The lowest BCUT2D eigenvalue weighted by molar-refractivity contribution is 0.843. The number of rotatable bonds is 3. The summed E-state index contributed by atoms with van der Waals surface area (Å²) >= 11 is 10.2. The average molecular weight is 348 g/mol. The first-order valence-electron chi connectivity index (χ1n) is 6.33. The monoisotopic (exact) mass is 348 g/mol. The first-order valence-corrected chi connectivity index (χ1v) is 8.04. The number of aryl methyl sites for hydroxylation is 2. The molecule has 0 aliphatic carbocycles. The molecule has 0 aliphatic rings. The van der Waals surface area contributed by atoms with E-state index in [2.05, 4.69) is 50.8 Å². The molecule has 3 aromatic rings. The van der Waals surface area contributed by atoms with Crippen molar-refractivity contribution in [1.82, 2.24) is 20.0 Å². The lowest BCUT2D eigenvalue weighted by Gasteiger charge is -2.05. The van der Waals surface area contributed by atoms with Crippen LogP contribution in [-0.2, 0) is 0 Å². The molecule has 0 saturated heterocycles. The minimum absolute atomic E-state index is 0.525. The van der Waals surface area contributed by atoms with Crippen molar-refractivity contribution in [2.45, 2.75) is 23.6 Å². The zero-order valence-corrected chi connectivity index (χ0v) is 14.4. The van der Waals surface area contributed by atoms with Crippen LogP contribution in [0.5, 0.6) is 0 Å². The van der Waals surface area contributed by atoms with Gasteiger partial charge >= 0.3 is 0 Å². The summed E-state index contributed by atoms with van der Waals surface area (Å²) in [5.41, 5.74) is 2.28. The first-order chi connectivity index (χ1) is 10.5. The standard InChI is InChI=1S/C13H12N6S3/c1-7-10(15-17-13-16-14-8(2)22-13)6-19(18-7)11-5-9(20)3-4-12(11)21/h3-6,20-21H,1-2H3. The predicted molar refractivity (Wildman–Crippen MR) is 91.6 cm³/mol. The molecule has 0 bridgehead atoms. The SMILES string of the molecule is Cc1nnc(N=Nc2cn(-c3cc(S)ccc3S)nc2C)s1. The van der Waals surface area contributed by atoms with Gasteiger partial charge in [-0.2, -0.15) is 5.10 Å². The molecule has 0 atom stereocenters. The van der Waals surface area contributed by atoms with Gasteiger partial charge in [0.1, 0.15) is 10.7 Å². The third-order valence-corrected chi connectivity index (χ3v) is 4.22. The third kappa shape index (κ3) is 3.21. The maximum absolute atomic E-state index is 4.45. The van der Waals surface area contributed by atoms with E-state index in [9.17, 15) is 0 Å². The van der Waals surface area contributed by atoms with Crippen LogP contribution in [0.1, 0.15) is 10.7 Å². The summed E-state index contributed by atoms with van der Waals surface area (Å²) in [6.07, 6.45) is 1.80. The van der Waals surface area contributed by atoms with E-state index in [1.165, 1.54) is 11.3 Å². The van der Waals surface area contributed by atoms with E-state index in [1.807, 2.05) is 32.0 Å². The molecule has 112 valence electrons. The van der Waals surface area contributed by atoms with E-state index in [1.54, 1.807) is 10.9 Å². The Morgan fingerprint density at radius 2 is 1.95 bits per heavy atom. The van der Waals surface area contributed by atoms with Gasteiger partial charge in [0.15, 0.2) is 0 Å². The van der Waals surface area contributed by atoms with Gasteiger partial charge in [-0.3, -0.25) is 0 Å². The van der Waals surface area contributed by atoms with E-state index in [0.29, 0.717) is 10.8 Å². The summed E-state index contributed by atoms with van der Waals surface area (Å²) in [4.78, 5) is 1.65. The van der Waals surface area contributed by atoms with E-state index in [-0.39, 0.29) is 0 Å². The van der Waals surface area contributed by atoms with Crippen molar-refractivity contribution in [2.75, 3.05) is 0 Å². The summed E-state index contributed by atoms with van der Waals surface area (Å²) in [6.45, 7) is 3.75. The Morgan fingerprint density at radius 1 is 1.14 bits per heavy atom. The molecule has 1 aromatic carbocycles. The number of thiol groups is 2. The highest BCUT2D eigenvalue weighted by Gasteiger charge is 2.09. The van der Waals surface area contributed by atoms with Gasteiger partial charge in [0.2, 0.25) is 0 Å². The normalized spacial score (nSPS) is 11.5. The van der Waals surface area contributed by atoms with Crippen LogP contribution in [-0.4, -0.2) is 20.0 Å². The van der Waals surface area contributed by atoms with Crippen LogP contribution in [0.25, 0.3) is 5.69 Å². The fourth-order valence-corrected chi connectivity index (χ4v) is 2.74. The fourth-order valence-electron chi connectivity index (χ4n) is 1.79. The highest BCUT2D eigenvalue weighted by atomic mass is 32.1. The maximum atomic E-state index is 4.45. The van der Waals surface area contributed by atoms with Gasteiger partial charge < -0.3 is 0 Å². The van der Waals surface area contributed by atoms with Crippen LogP contribution in [0, 0.1) is 13.8 Å². The molecule has 0 amide bonds. The Kier molecular flexibility index (Phi) is 4.27. The Hall–Kier alpha value is -1.71. The first kappa shape index (κ1) is 15.2. The molecule has 0 spiro atoms. The molecule has 2 heterocycles. The summed E-state index contributed by atoms with van der Waals surface area (Å²) < 4.78 is 1.72. The minimum atomic E-state index is 0.525. The zero-order valence-electron chi connectivity index (χ0n) is 11.8. The number of aromatic nitrogens is 4. The van der Waals surface area contributed by atoms with Crippen molar-refractivity contribution in [3.8, 4) is 5.69 Å². The number of hydrogen-bond donors (Lipinski definition) is 2. The van der Waals surface area contributed by atoms with Crippen LogP contribution < -0.4 is 0 Å². The summed E-state index contributed by atoms with van der Waals surface area (Å²) in [6, 6.07) is 5.65. The fraction of sp³-hybridized carbons (Fsp3) is 0.154. The molecule has 22 heavy (non-hydrogen) atoms. The summed E-state index contributed by atoms with van der Waals surface area (Å²) in [7, 11) is 0. The van der Waals surface area contributed by atoms with Crippen molar-refractivity contribution in [1.29, 1.82) is 0 Å². The smallest absolute Gasteiger partial charge is 0.237 e. The summed E-state index contributed by atoms with van der Waals surface area (Å²) in [5, 5.41) is 21.9. The molecule has 3 rings (SSSR count). The summed E-state index contributed by atoms with van der Waals surface area (Å²) in [5.74, 6) is 0. The Bertz CT molecular complexity index is 851. The van der Waals surface area contributed by atoms with Gasteiger partial charge in [-0.1, -0.05) is 11.3 Å². The van der Waals surface area contributed by atoms with Crippen molar-refractivity contribution in [2.24, 2.45) is 10.2 Å². The van der Waals surface area contributed by atoms with Crippen LogP contribution in [0.2, 0.25) is 0 Å². The Balaban J connectivity index is 1.94. The van der Waals surface area contributed by atoms with E-state index in [4.69, 9.17) is 0 Å². The molecular formula is C13H12N6S3. The van der Waals surface area contributed by atoms with Gasteiger partial charge in [0.05, 0.1) is 17.6 Å². The number of hydrogen-bond acceptors (Lipinski definition) is 8. The van der Waals surface area contributed by atoms with Gasteiger partial charge in [-0.25, -0.2) is 4.68 Å². The van der Waals surface area contributed by atoms with Crippen LogP contribution in [0.3, 0.4) is 0 Å². The van der Waals surface area contributed by atoms with Crippen LogP contribution >= 0.6 is 36.6 Å². The molecule has 6 nitrogen and oxygen atoms in total. The average Bonchev–Trinajstić information content (AvgIpc) is 3.05. The van der Waals surface area contributed by atoms with Crippen molar-refractivity contribution < 1.29 is 0 Å². The number of azo groups is 1. The Morgan fingerprint density at radius 3 is 2.68 bits per heavy atom. The second-order valence-corrected chi connectivity index (χ2v) is 6.68. The van der Waals surface area contributed by atoms with Crippen LogP contribution in [0.4, 0.5) is 10.8 Å². The Labute approximate surface area is 142 Å². The highest BCUT2D eigenvalue weighted by molar-refractivity contribution is 7.80. The quantitative estimate of drug-likeness (QED) is 0.547. The van der Waals surface area contributed by atoms with E-state index >= 15 is 0 Å². The van der Waals surface area contributed by atoms with Gasteiger partial charge in [-0.05, 0) is 32.0 Å². The third-order valence-electron chi connectivity index (χ3n) is 2.84. The van der Waals surface area contributed by atoms with E-state index < -0.39 is 0 Å². The highest BCUT2D eigenvalue weighted by Crippen LogP contribution is 2.27. The lowest BCUT2D eigenvalue weighted by Crippen LogP contribution is -1.96. The van der Waals surface area contributed by atoms with Gasteiger partial charge in [-0.15, -0.1) is 45.7 Å². The molecule has 0 unspecified atom stereocenters. The molecule has 9 heteroatoms. The topological polar surface area (TPSA) is 68.3 Å². The number of benzene rings is 1. The molecular weight excluding hydrogens is 336 g/mol. The largest absolute Gasteiger partial charge is 0.251 e. The molecule has 0 fully saturated rings. The second-order valence-electron chi connectivity index (χ2n) is 4.52. The lowest BCUT2D eigenvalue weighted by atomic mass is 10.3. The molecule has 0 saturated carbocycles. The zero-order chi connectivity index (χ0) is 15.7.